The number of allylic oxidation sites excluding steroid dienone is 2. The molecule has 1 fully saturated rings. The van der Waals surface area contributed by atoms with Crippen LogP contribution in [0.3, 0.4) is 0 Å². The average molecular weight is 384 g/mol. The SMILES string of the molecule is N#CCCOC[C@@H]1C[C@]2(Cl)C(Cl)=C(Cl)[C@]1(Cl)C2(Cl)Cl. The lowest BCUT2D eigenvalue weighted by Crippen LogP contribution is -2.45. The maximum atomic E-state index is 8.45. The van der Waals surface area contributed by atoms with Crippen molar-refractivity contribution in [1.82, 2.24) is 0 Å². The molecule has 3 atom stereocenters. The van der Waals surface area contributed by atoms with E-state index in [-0.39, 0.29) is 22.6 Å². The van der Waals surface area contributed by atoms with Crippen LogP contribution in [0.1, 0.15) is 12.8 Å². The first kappa shape index (κ1) is 16.3. The first-order valence-electron chi connectivity index (χ1n) is 5.50. The van der Waals surface area contributed by atoms with E-state index in [4.69, 9.17) is 79.6 Å². The van der Waals surface area contributed by atoms with Gasteiger partial charge in [-0.1, -0.05) is 46.4 Å². The molecular formula is C11H9Cl6NO. The molecule has 8 heteroatoms. The van der Waals surface area contributed by atoms with Crippen LogP contribution in [0.15, 0.2) is 10.1 Å². The first-order valence-corrected chi connectivity index (χ1v) is 7.76. The minimum atomic E-state index is -1.50. The molecule has 0 N–H and O–H groups in total. The van der Waals surface area contributed by atoms with Gasteiger partial charge in [-0.25, -0.2) is 0 Å². The molecule has 0 aromatic rings. The fourth-order valence-corrected chi connectivity index (χ4v) is 5.38. The van der Waals surface area contributed by atoms with Crippen molar-refractivity contribution < 1.29 is 4.74 Å². The second kappa shape index (κ2) is 5.29. The van der Waals surface area contributed by atoms with Gasteiger partial charge < -0.3 is 4.74 Å². The van der Waals surface area contributed by atoms with Crippen LogP contribution in [-0.4, -0.2) is 27.3 Å². The van der Waals surface area contributed by atoms with Crippen LogP contribution in [0.2, 0.25) is 0 Å². The molecule has 0 unspecified atom stereocenters. The maximum Gasteiger partial charge on any atom is 0.166 e. The minimum Gasteiger partial charge on any atom is -0.380 e. The molecule has 0 amide bonds. The molecule has 19 heavy (non-hydrogen) atoms. The Morgan fingerprint density at radius 3 is 2.32 bits per heavy atom. The highest BCUT2D eigenvalue weighted by molar-refractivity contribution is 6.65. The molecule has 2 aliphatic carbocycles. The van der Waals surface area contributed by atoms with Crippen molar-refractivity contribution in [3.05, 3.63) is 10.1 Å². The van der Waals surface area contributed by atoms with E-state index in [1.54, 1.807) is 0 Å². The topological polar surface area (TPSA) is 33.0 Å². The third-order valence-corrected chi connectivity index (χ3v) is 7.91. The molecule has 2 rings (SSSR count). The van der Waals surface area contributed by atoms with E-state index in [9.17, 15) is 0 Å². The van der Waals surface area contributed by atoms with E-state index in [0.717, 1.165) is 0 Å². The van der Waals surface area contributed by atoms with Crippen molar-refractivity contribution >= 4 is 69.6 Å². The van der Waals surface area contributed by atoms with Gasteiger partial charge in [0.1, 0.15) is 9.75 Å². The number of ether oxygens (including phenoxy) is 1. The summed E-state index contributed by atoms with van der Waals surface area (Å²) in [5, 5.41) is 8.82. The van der Waals surface area contributed by atoms with E-state index >= 15 is 0 Å². The second-order valence-corrected chi connectivity index (χ2v) is 7.92. The summed E-state index contributed by atoms with van der Waals surface area (Å²) in [6.07, 6.45) is 0.665. The van der Waals surface area contributed by atoms with Gasteiger partial charge in [0.05, 0.1) is 35.8 Å². The van der Waals surface area contributed by atoms with Crippen LogP contribution >= 0.6 is 69.6 Å². The normalized spacial score (nSPS) is 39.7. The smallest absolute Gasteiger partial charge is 0.166 e. The van der Waals surface area contributed by atoms with Gasteiger partial charge in [-0.3, -0.25) is 0 Å². The van der Waals surface area contributed by atoms with Crippen LogP contribution in [0, 0.1) is 17.2 Å². The summed E-state index contributed by atoms with van der Waals surface area (Å²) in [4.78, 5) is -2.46. The van der Waals surface area contributed by atoms with Crippen LogP contribution < -0.4 is 0 Å². The van der Waals surface area contributed by atoms with Gasteiger partial charge in [-0.2, -0.15) is 5.26 Å². The number of nitriles is 1. The van der Waals surface area contributed by atoms with Crippen molar-refractivity contribution in [3.63, 3.8) is 0 Å². The Bertz CT molecular complexity index is 472. The molecule has 2 aliphatic rings. The molecule has 0 aliphatic heterocycles. The Labute approximate surface area is 141 Å². The molecule has 0 radical (unpaired) electrons. The molecule has 0 saturated heterocycles. The average Bonchev–Trinajstić information content (AvgIpc) is 2.57. The fraction of sp³-hybridized carbons (Fsp3) is 0.727. The van der Waals surface area contributed by atoms with Crippen molar-refractivity contribution in [2.24, 2.45) is 5.92 Å². The van der Waals surface area contributed by atoms with Gasteiger partial charge in [0, 0.05) is 5.92 Å². The number of rotatable bonds is 4. The monoisotopic (exact) mass is 381 g/mol. The van der Waals surface area contributed by atoms with E-state index < -0.39 is 14.1 Å². The number of nitrogens with zero attached hydrogens (tertiary/aromatic N) is 1. The lowest BCUT2D eigenvalue weighted by Gasteiger charge is -2.33. The van der Waals surface area contributed by atoms with Crippen LogP contribution in [0.5, 0.6) is 0 Å². The summed E-state index contributed by atoms with van der Waals surface area (Å²) in [7, 11) is 0. The van der Waals surface area contributed by atoms with Gasteiger partial charge in [-0.05, 0) is 6.42 Å². The lowest BCUT2D eigenvalue weighted by atomic mass is 9.93. The fourth-order valence-electron chi connectivity index (χ4n) is 2.55. The van der Waals surface area contributed by atoms with Crippen molar-refractivity contribution in [2.75, 3.05) is 13.2 Å². The molecular weight excluding hydrogens is 375 g/mol. The van der Waals surface area contributed by atoms with Gasteiger partial charge in [0.2, 0.25) is 0 Å². The number of alkyl halides is 4. The quantitative estimate of drug-likeness (QED) is 0.517. The lowest BCUT2D eigenvalue weighted by molar-refractivity contribution is 0.0979. The Hall–Kier alpha value is 0.930. The van der Waals surface area contributed by atoms with E-state index in [1.165, 1.54) is 0 Å². The summed E-state index contributed by atoms with van der Waals surface area (Å²) in [6, 6.07) is 1.98. The predicted octanol–water partition coefficient (Wildman–Crippen LogP) is 4.77. The first-order chi connectivity index (χ1) is 8.73. The van der Waals surface area contributed by atoms with Crippen LogP contribution in [-0.2, 0) is 4.74 Å². The number of hydrogen-bond donors (Lipinski definition) is 0. The standard InChI is InChI=1S/C11H9Cl6NO/c12-7-8(13)10(15)6(5-19-3-1-2-18)4-9(7,14)11(10,16)17/h6H,1,3-5H2/t6-,9-,10-/m0/s1. The third-order valence-electron chi connectivity index (χ3n) is 3.58. The maximum absolute atomic E-state index is 8.45. The van der Waals surface area contributed by atoms with Crippen LogP contribution in [0.4, 0.5) is 0 Å². The number of hydrogen-bond acceptors (Lipinski definition) is 2. The largest absolute Gasteiger partial charge is 0.380 e. The highest BCUT2D eigenvalue weighted by Crippen LogP contribution is 2.74. The summed E-state index contributed by atoms with van der Waals surface area (Å²) in [5.41, 5.74) is 0. The molecule has 1 saturated carbocycles. The molecule has 0 aromatic carbocycles. The van der Waals surface area contributed by atoms with E-state index in [1.807, 2.05) is 6.07 Å². The predicted molar refractivity (Wildman–Crippen MR) is 79.5 cm³/mol. The summed E-state index contributed by atoms with van der Waals surface area (Å²) < 4.78 is 3.89. The highest BCUT2D eigenvalue weighted by atomic mass is 35.5. The molecule has 2 bridgehead atoms. The van der Waals surface area contributed by atoms with Gasteiger partial charge in [0.15, 0.2) is 4.33 Å². The van der Waals surface area contributed by atoms with Crippen molar-refractivity contribution in [3.8, 4) is 6.07 Å². The Kier molecular flexibility index (Phi) is 4.54. The van der Waals surface area contributed by atoms with E-state index in [0.29, 0.717) is 19.4 Å². The van der Waals surface area contributed by atoms with Gasteiger partial charge >= 0.3 is 0 Å². The second-order valence-electron chi connectivity index (χ2n) is 4.60. The van der Waals surface area contributed by atoms with Crippen molar-refractivity contribution in [1.29, 1.82) is 5.26 Å². The number of halogens is 6. The molecule has 0 heterocycles. The highest BCUT2D eigenvalue weighted by Gasteiger charge is 2.78. The Morgan fingerprint density at radius 2 is 1.84 bits per heavy atom. The zero-order valence-electron chi connectivity index (χ0n) is 9.53. The van der Waals surface area contributed by atoms with Gasteiger partial charge in [-0.15, -0.1) is 23.2 Å². The van der Waals surface area contributed by atoms with E-state index in [2.05, 4.69) is 0 Å². The van der Waals surface area contributed by atoms with Crippen LogP contribution in [0.25, 0.3) is 0 Å². The Morgan fingerprint density at radius 1 is 1.21 bits per heavy atom. The number of fused-ring (bicyclic) bond motifs is 2. The third kappa shape index (κ3) is 2.01. The molecule has 2 nitrogen and oxygen atoms in total. The molecule has 0 aromatic heterocycles. The zero-order valence-corrected chi connectivity index (χ0v) is 14.1. The minimum absolute atomic E-state index is 0.177. The summed E-state index contributed by atoms with van der Waals surface area (Å²) >= 11 is 37.9. The summed E-state index contributed by atoms with van der Waals surface area (Å²) in [5.74, 6) is -0.268. The summed E-state index contributed by atoms with van der Waals surface area (Å²) in [6.45, 7) is 0.573. The van der Waals surface area contributed by atoms with Gasteiger partial charge in [0.25, 0.3) is 0 Å². The molecule has 0 spiro atoms. The molecule has 106 valence electrons. The van der Waals surface area contributed by atoms with Crippen molar-refractivity contribution in [2.45, 2.75) is 26.9 Å². The zero-order chi connectivity index (χ0) is 14.5. The Balaban J connectivity index is 2.22.